The number of unbranched alkanes of at least 4 members (excludes halogenated alkanes) is 2. The molecule has 2 N–H and O–H groups in total. The smallest absolute Gasteiger partial charge is 0.222 e. The molecule has 9 nitrogen and oxygen atoms in total. The van der Waals surface area contributed by atoms with Crippen LogP contribution < -0.4 is 4.74 Å². The number of aryl methyl sites for hydroxylation is 1. The molecule has 1 fully saturated rings. The highest BCUT2D eigenvalue weighted by molar-refractivity contribution is 5.76. The van der Waals surface area contributed by atoms with Crippen LogP contribution in [0, 0.1) is 6.92 Å². The molecule has 1 aliphatic rings. The molecule has 2 atom stereocenters. The van der Waals surface area contributed by atoms with E-state index >= 15 is 0 Å². The minimum Gasteiger partial charge on any atom is -0.493 e. The number of ether oxygens (including phenoxy) is 3. The van der Waals surface area contributed by atoms with Gasteiger partial charge < -0.3 is 19.1 Å². The molecule has 1 heterocycles. The number of hydrogen-bond acceptors (Lipinski definition) is 8. The maximum Gasteiger partial charge on any atom is 0.222 e. The summed E-state index contributed by atoms with van der Waals surface area (Å²) >= 11 is 0. The van der Waals surface area contributed by atoms with Crippen LogP contribution in [0.5, 0.6) is 5.75 Å². The van der Waals surface area contributed by atoms with Gasteiger partial charge in [-0.2, -0.15) is 0 Å². The molecule has 0 aromatic heterocycles. The highest BCUT2D eigenvalue weighted by Crippen LogP contribution is 2.34. The first-order valence-corrected chi connectivity index (χ1v) is 15.5. The second kappa shape index (κ2) is 17.9. The Morgan fingerprint density at radius 2 is 1.73 bits per heavy atom. The van der Waals surface area contributed by atoms with Gasteiger partial charge in [-0.1, -0.05) is 73.2 Å². The lowest BCUT2D eigenvalue weighted by molar-refractivity contribution is -0.492. The monoisotopic (exact) mass is 606 g/mol. The van der Waals surface area contributed by atoms with Crippen LogP contribution in [0.1, 0.15) is 61.1 Å². The molecule has 3 aromatic rings. The minimum atomic E-state index is -0.280. The average molecular weight is 607 g/mol. The summed E-state index contributed by atoms with van der Waals surface area (Å²) in [6.07, 6.45) is 3.94. The summed E-state index contributed by atoms with van der Waals surface area (Å²) < 4.78 is 18.0. The number of amides is 1. The zero-order chi connectivity index (χ0) is 31.1. The minimum absolute atomic E-state index is 0.111. The number of benzene rings is 3. The van der Waals surface area contributed by atoms with Crippen molar-refractivity contribution in [3.05, 3.63) is 89.5 Å². The number of carbonyl (C=O) groups is 1. The van der Waals surface area contributed by atoms with Gasteiger partial charge in [0.15, 0.2) is 0 Å². The van der Waals surface area contributed by atoms with Gasteiger partial charge in [-0.3, -0.25) is 20.0 Å². The van der Waals surface area contributed by atoms with E-state index in [0.29, 0.717) is 52.2 Å². The van der Waals surface area contributed by atoms with Crippen LogP contribution in [0.25, 0.3) is 11.1 Å². The zero-order valence-electron chi connectivity index (χ0n) is 25.9. The van der Waals surface area contributed by atoms with E-state index in [2.05, 4.69) is 65.5 Å². The van der Waals surface area contributed by atoms with Crippen LogP contribution in [0.15, 0.2) is 72.8 Å². The van der Waals surface area contributed by atoms with E-state index in [1.807, 2.05) is 24.0 Å². The van der Waals surface area contributed by atoms with Gasteiger partial charge in [-0.15, -0.1) is 0 Å². The van der Waals surface area contributed by atoms with Gasteiger partial charge in [0, 0.05) is 51.1 Å². The SMILES string of the molecule is COCCCOc1cc(C)ccc1COC1CN(C(=O)CCCCCON(O)O)CC[C@@H]1c1cccc(-c2ccccc2)c1. The Kier molecular flexibility index (Phi) is 13.6. The summed E-state index contributed by atoms with van der Waals surface area (Å²) in [4.78, 5) is 19.8. The molecule has 0 bridgehead atoms. The summed E-state index contributed by atoms with van der Waals surface area (Å²) in [5, 5.41) is 17.0. The number of rotatable bonds is 17. The highest BCUT2D eigenvalue weighted by atomic mass is 17.1. The first-order valence-electron chi connectivity index (χ1n) is 15.5. The molecule has 44 heavy (non-hydrogen) atoms. The van der Waals surface area contributed by atoms with Crippen molar-refractivity contribution < 1.29 is 34.3 Å². The van der Waals surface area contributed by atoms with Gasteiger partial charge in [0.1, 0.15) is 5.75 Å². The van der Waals surface area contributed by atoms with Crippen LogP contribution in [0.3, 0.4) is 0 Å². The maximum atomic E-state index is 13.2. The average Bonchev–Trinajstić information content (AvgIpc) is 3.04. The quantitative estimate of drug-likeness (QED) is 0.132. The van der Waals surface area contributed by atoms with Crippen molar-refractivity contribution >= 4 is 5.91 Å². The molecule has 3 aromatic carbocycles. The zero-order valence-corrected chi connectivity index (χ0v) is 25.9. The topological polar surface area (TPSA) is 101 Å². The molecule has 1 unspecified atom stereocenters. The Bertz CT molecular complexity index is 1290. The normalized spacial score (nSPS) is 16.8. The number of carbonyl (C=O) groups excluding carboxylic acids is 1. The van der Waals surface area contributed by atoms with E-state index in [1.165, 1.54) is 16.7 Å². The lowest BCUT2D eigenvalue weighted by Crippen LogP contribution is -2.46. The third-order valence-corrected chi connectivity index (χ3v) is 8.00. The lowest BCUT2D eigenvalue weighted by Gasteiger charge is -2.39. The fraction of sp³-hybridized carbons (Fsp3) is 0.457. The standard InChI is InChI=1S/C35H46N2O7/c1-27-16-17-31(33(23-27)42-21-10-20-41-2)26-43-34-25-36(35(38)15-7-4-8-22-44-37(39)40)19-18-32(34)30-14-9-13-29(24-30)28-11-5-3-6-12-28/h3,5-6,9,11-14,16-17,23-24,32,34,39-40H,4,7-8,10,15,18-22,25-26H2,1-2H3/t32-,34?/m1/s1. The molecule has 1 aliphatic heterocycles. The number of nitrogens with zero attached hydrogens (tertiary/aromatic N) is 2. The van der Waals surface area contributed by atoms with Crippen molar-refractivity contribution in [3.63, 3.8) is 0 Å². The molecule has 4 rings (SSSR count). The van der Waals surface area contributed by atoms with Crippen LogP contribution in [-0.2, 0) is 25.7 Å². The Labute approximate surface area is 260 Å². The summed E-state index contributed by atoms with van der Waals surface area (Å²) in [5.74, 6) is 1.07. The Balaban J connectivity index is 1.46. The number of piperidine rings is 1. The van der Waals surface area contributed by atoms with E-state index < -0.39 is 0 Å². The summed E-state index contributed by atoms with van der Waals surface area (Å²) in [5.41, 5.74) is 5.66. The summed E-state index contributed by atoms with van der Waals surface area (Å²) in [6.45, 7) is 5.01. The van der Waals surface area contributed by atoms with Gasteiger partial charge in [-0.05, 0) is 54.5 Å². The second-order valence-corrected chi connectivity index (χ2v) is 11.3. The molecule has 0 aliphatic carbocycles. The van der Waals surface area contributed by atoms with Crippen molar-refractivity contribution in [1.29, 1.82) is 0 Å². The molecular formula is C35H46N2O7. The van der Waals surface area contributed by atoms with Crippen molar-refractivity contribution in [1.82, 2.24) is 10.3 Å². The van der Waals surface area contributed by atoms with Crippen molar-refractivity contribution in [2.24, 2.45) is 0 Å². The van der Waals surface area contributed by atoms with Crippen molar-refractivity contribution in [2.75, 3.05) is 40.0 Å². The Hall–Kier alpha value is -3.31. The molecule has 0 radical (unpaired) electrons. The van der Waals surface area contributed by atoms with Gasteiger partial charge in [-0.25, -0.2) is 0 Å². The largest absolute Gasteiger partial charge is 0.493 e. The van der Waals surface area contributed by atoms with E-state index in [0.717, 1.165) is 36.1 Å². The van der Waals surface area contributed by atoms with Gasteiger partial charge in [0.25, 0.3) is 0 Å². The molecular weight excluding hydrogens is 560 g/mol. The lowest BCUT2D eigenvalue weighted by atomic mass is 9.85. The number of likely N-dealkylation sites (tertiary alicyclic amines) is 1. The number of methoxy groups -OCH3 is 1. The third-order valence-electron chi connectivity index (χ3n) is 8.00. The first-order chi connectivity index (χ1) is 21.4. The van der Waals surface area contributed by atoms with E-state index in [9.17, 15) is 4.79 Å². The van der Waals surface area contributed by atoms with Crippen LogP contribution in [0.2, 0.25) is 0 Å². The van der Waals surface area contributed by atoms with Gasteiger partial charge in [0.2, 0.25) is 5.91 Å². The third kappa shape index (κ3) is 10.4. The molecule has 9 heteroatoms. The summed E-state index contributed by atoms with van der Waals surface area (Å²) in [6, 6.07) is 25.2. The van der Waals surface area contributed by atoms with Crippen LogP contribution >= 0.6 is 0 Å². The van der Waals surface area contributed by atoms with Crippen molar-refractivity contribution in [3.8, 4) is 16.9 Å². The summed E-state index contributed by atoms with van der Waals surface area (Å²) in [7, 11) is 1.69. The molecule has 0 saturated carbocycles. The van der Waals surface area contributed by atoms with E-state index in [-0.39, 0.29) is 29.9 Å². The van der Waals surface area contributed by atoms with E-state index in [1.54, 1.807) is 7.11 Å². The highest BCUT2D eigenvalue weighted by Gasteiger charge is 2.33. The molecule has 1 amide bonds. The van der Waals surface area contributed by atoms with Gasteiger partial charge in [0.05, 0.1) is 31.3 Å². The first kappa shape index (κ1) is 33.6. The maximum absolute atomic E-state index is 13.2. The molecule has 1 saturated heterocycles. The van der Waals surface area contributed by atoms with Crippen LogP contribution in [0.4, 0.5) is 0 Å². The Morgan fingerprint density at radius 1 is 0.909 bits per heavy atom. The van der Waals surface area contributed by atoms with E-state index in [4.69, 9.17) is 24.6 Å². The van der Waals surface area contributed by atoms with Crippen molar-refractivity contribution in [2.45, 2.75) is 64.1 Å². The second-order valence-electron chi connectivity index (χ2n) is 11.3. The molecule has 238 valence electrons. The number of hydrogen-bond donors (Lipinski definition) is 2. The Morgan fingerprint density at radius 3 is 2.52 bits per heavy atom. The fourth-order valence-electron chi connectivity index (χ4n) is 5.63. The predicted molar refractivity (Wildman–Crippen MR) is 167 cm³/mol. The van der Waals surface area contributed by atoms with Crippen LogP contribution in [-0.4, -0.2) is 72.7 Å². The predicted octanol–water partition coefficient (Wildman–Crippen LogP) is 6.55. The van der Waals surface area contributed by atoms with Gasteiger partial charge >= 0.3 is 0 Å². The molecule has 0 spiro atoms. The fourth-order valence-corrected chi connectivity index (χ4v) is 5.63.